The van der Waals surface area contributed by atoms with Gasteiger partial charge in [0.25, 0.3) is 5.56 Å². The molecule has 0 unspecified atom stereocenters. The summed E-state index contributed by atoms with van der Waals surface area (Å²) < 4.78 is 56.1. The summed E-state index contributed by atoms with van der Waals surface area (Å²) in [4.78, 5) is 35.7. The summed E-state index contributed by atoms with van der Waals surface area (Å²) in [5.41, 5.74) is 3.10. The average molecular weight is 721 g/mol. The standard InChI is InChI=1S/C38H40F4N6O2S/c1-4-46(5-2)20-21-47(23-27-6-10-29(11-7-27)30-12-14-32(15-13-30)38(40,41)42)35(49)25-48-24-31(22-34-18-19-45(3)44-34)36(50)43-37(48)51-26-28-8-16-33(39)17-9-28/h6-19,24H,4-5,20-23,25-26H2,1-3H3. The monoisotopic (exact) mass is 720 g/mol. The van der Waals surface area contributed by atoms with Crippen LogP contribution in [0.3, 0.4) is 0 Å². The summed E-state index contributed by atoms with van der Waals surface area (Å²) in [6, 6.07) is 20.4. The third-order valence-electron chi connectivity index (χ3n) is 8.56. The lowest BCUT2D eigenvalue weighted by Gasteiger charge is -2.27. The predicted octanol–water partition coefficient (Wildman–Crippen LogP) is 7.06. The van der Waals surface area contributed by atoms with Crippen molar-refractivity contribution >= 4 is 17.7 Å². The number of carbonyl (C=O) groups is 1. The number of hydrogen-bond acceptors (Lipinski definition) is 6. The van der Waals surface area contributed by atoms with E-state index < -0.39 is 17.3 Å². The van der Waals surface area contributed by atoms with Gasteiger partial charge in [0.1, 0.15) is 12.4 Å². The van der Waals surface area contributed by atoms with Crippen molar-refractivity contribution in [1.29, 1.82) is 0 Å². The molecular weight excluding hydrogens is 681 g/mol. The van der Waals surface area contributed by atoms with Crippen molar-refractivity contribution in [2.75, 3.05) is 26.2 Å². The van der Waals surface area contributed by atoms with Crippen LogP contribution in [0.1, 0.15) is 41.8 Å². The van der Waals surface area contributed by atoms with Gasteiger partial charge in [0, 0.05) is 56.8 Å². The molecule has 5 rings (SSSR count). The van der Waals surface area contributed by atoms with Crippen molar-refractivity contribution in [2.45, 2.75) is 50.4 Å². The molecule has 0 aliphatic heterocycles. The van der Waals surface area contributed by atoms with Crippen molar-refractivity contribution < 1.29 is 22.4 Å². The minimum atomic E-state index is -4.41. The Bertz CT molecular complexity index is 1960. The molecule has 2 aromatic heterocycles. The predicted molar refractivity (Wildman–Crippen MR) is 191 cm³/mol. The van der Waals surface area contributed by atoms with E-state index in [0.29, 0.717) is 47.4 Å². The molecule has 3 aromatic carbocycles. The second-order valence-electron chi connectivity index (χ2n) is 12.2. The first-order valence-corrected chi connectivity index (χ1v) is 17.6. The Morgan fingerprint density at radius 3 is 2.08 bits per heavy atom. The van der Waals surface area contributed by atoms with Crippen LogP contribution in [-0.2, 0) is 43.3 Å². The Labute approximate surface area is 298 Å². The summed E-state index contributed by atoms with van der Waals surface area (Å²) in [5, 5.41) is 4.76. The average Bonchev–Trinajstić information content (AvgIpc) is 3.53. The van der Waals surface area contributed by atoms with Crippen LogP contribution in [0.4, 0.5) is 17.6 Å². The van der Waals surface area contributed by atoms with Crippen LogP contribution in [-0.4, -0.2) is 61.2 Å². The first kappa shape index (κ1) is 37.5. The van der Waals surface area contributed by atoms with Gasteiger partial charge in [0.05, 0.1) is 11.3 Å². The summed E-state index contributed by atoms with van der Waals surface area (Å²) in [7, 11) is 1.79. The number of rotatable bonds is 15. The van der Waals surface area contributed by atoms with E-state index >= 15 is 0 Å². The Balaban J connectivity index is 1.39. The molecule has 0 spiro atoms. The summed E-state index contributed by atoms with van der Waals surface area (Å²) in [6.45, 7) is 7.12. The first-order chi connectivity index (χ1) is 24.4. The quantitative estimate of drug-likeness (QED) is 0.0656. The Morgan fingerprint density at radius 1 is 0.863 bits per heavy atom. The summed E-state index contributed by atoms with van der Waals surface area (Å²) >= 11 is 1.29. The van der Waals surface area contributed by atoms with Crippen molar-refractivity contribution in [1.82, 2.24) is 29.1 Å². The largest absolute Gasteiger partial charge is 0.416 e. The van der Waals surface area contributed by atoms with E-state index in [4.69, 9.17) is 0 Å². The number of amides is 1. The molecule has 5 aromatic rings. The molecular formula is C38H40F4N6O2S. The fourth-order valence-electron chi connectivity index (χ4n) is 5.57. The highest BCUT2D eigenvalue weighted by molar-refractivity contribution is 7.98. The number of carbonyl (C=O) groups excluding carboxylic acids is 1. The van der Waals surface area contributed by atoms with Crippen LogP contribution in [0.5, 0.6) is 0 Å². The van der Waals surface area contributed by atoms with Gasteiger partial charge >= 0.3 is 6.18 Å². The molecule has 0 radical (unpaired) electrons. The van der Waals surface area contributed by atoms with Gasteiger partial charge in [-0.15, -0.1) is 0 Å². The highest BCUT2D eigenvalue weighted by Crippen LogP contribution is 2.31. The molecule has 0 atom stereocenters. The van der Waals surface area contributed by atoms with Crippen LogP contribution in [0, 0.1) is 5.82 Å². The number of thioether (sulfide) groups is 1. The topological polar surface area (TPSA) is 76.3 Å². The van der Waals surface area contributed by atoms with Gasteiger partial charge in [-0.3, -0.25) is 14.3 Å². The van der Waals surface area contributed by atoms with E-state index in [9.17, 15) is 27.2 Å². The minimum absolute atomic E-state index is 0.0733. The number of aromatic nitrogens is 4. The summed E-state index contributed by atoms with van der Waals surface area (Å²) in [6.07, 6.45) is -0.684. The van der Waals surface area contributed by atoms with Crippen molar-refractivity contribution in [3.63, 3.8) is 0 Å². The zero-order chi connectivity index (χ0) is 36.5. The molecule has 268 valence electrons. The molecule has 0 saturated heterocycles. The number of alkyl halides is 3. The minimum Gasteiger partial charge on any atom is -0.336 e. The SMILES string of the molecule is CCN(CC)CCN(Cc1ccc(-c2ccc(C(F)(F)F)cc2)cc1)C(=O)Cn1cc(Cc2ccn(C)n2)c(=O)nc1SCc1ccc(F)cc1. The lowest BCUT2D eigenvalue weighted by atomic mass is 10.0. The fraction of sp³-hybridized carbons (Fsp3) is 0.316. The Kier molecular flexibility index (Phi) is 12.5. The molecule has 2 heterocycles. The molecule has 0 fully saturated rings. The zero-order valence-corrected chi connectivity index (χ0v) is 29.6. The smallest absolute Gasteiger partial charge is 0.336 e. The highest BCUT2D eigenvalue weighted by atomic mass is 32.2. The normalized spacial score (nSPS) is 11.7. The molecule has 8 nitrogen and oxygen atoms in total. The molecule has 1 amide bonds. The molecule has 13 heteroatoms. The maximum Gasteiger partial charge on any atom is 0.416 e. The van der Waals surface area contributed by atoms with Crippen LogP contribution in [0.15, 0.2) is 101 Å². The maximum atomic E-state index is 14.2. The van der Waals surface area contributed by atoms with Gasteiger partial charge in [-0.2, -0.15) is 23.3 Å². The van der Waals surface area contributed by atoms with Gasteiger partial charge in [0.2, 0.25) is 5.91 Å². The molecule has 0 aliphatic rings. The van der Waals surface area contributed by atoms with Gasteiger partial charge < -0.3 is 14.4 Å². The van der Waals surface area contributed by atoms with Gasteiger partial charge in [-0.1, -0.05) is 74.1 Å². The molecule has 0 bridgehead atoms. The van der Waals surface area contributed by atoms with Crippen molar-refractivity contribution in [3.05, 3.63) is 135 Å². The van der Waals surface area contributed by atoms with Crippen LogP contribution in [0.25, 0.3) is 11.1 Å². The van der Waals surface area contributed by atoms with E-state index in [1.54, 1.807) is 45.7 Å². The van der Waals surface area contributed by atoms with Crippen molar-refractivity contribution in [3.8, 4) is 11.1 Å². The van der Waals surface area contributed by atoms with Crippen LogP contribution in [0.2, 0.25) is 0 Å². The molecule has 51 heavy (non-hydrogen) atoms. The number of hydrogen-bond donors (Lipinski definition) is 0. The maximum absolute atomic E-state index is 14.2. The van der Waals surface area contributed by atoms with Crippen molar-refractivity contribution in [2.24, 2.45) is 7.05 Å². The van der Waals surface area contributed by atoms with E-state index in [1.807, 2.05) is 30.3 Å². The van der Waals surface area contributed by atoms with E-state index in [1.165, 1.54) is 36.0 Å². The molecule has 0 saturated carbocycles. The number of halogens is 4. The number of benzene rings is 3. The zero-order valence-electron chi connectivity index (χ0n) is 28.7. The fourth-order valence-corrected chi connectivity index (χ4v) is 6.49. The van der Waals surface area contributed by atoms with E-state index in [0.717, 1.165) is 41.9 Å². The van der Waals surface area contributed by atoms with Gasteiger partial charge in [0.15, 0.2) is 5.16 Å². The third-order valence-corrected chi connectivity index (χ3v) is 9.62. The van der Waals surface area contributed by atoms with Gasteiger partial charge in [-0.05, 0) is 65.7 Å². The third kappa shape index (κ3) is 10.4. The highest BCUT2D eigenvalue weighted by Gasteiger charge is 2.30. The van der Waals surface area contributed by atoms with Gasteiger partial charge in [-0.25, -0.2) is 4.39 Å². The van der Waals surface area contributed by atoms with Crippen LogP contribution < -0.4 is 5.56 Å². The van der Waals surface area contributed by atoms with E-state index in [2.05, 4.69) is 28.8 Å². The lowest BCUT2D eigenvalue weighted by Crippen LogP contribution is -2.40. The number of aryl methyl sites for hydroxylation is 1. The van der Waals surface area contributed by atoms with Crippen LogP contribution >= 0.6 is 11.8 Å². The Morgan fingerprint density at radius 2 is 1.49 bits per heavy atom. The summed E-state index contributed by atoms with van der Waals surface area (Å²) in [5.74, 6) is -0.105. The van der Waals surface area contributed by atoms with E-state index in [-0.39, 0.29) is 24.7 Å². The molecule has 0 aliphatic carbocycles. The number of nitrogens with zero attached hydrogens (tertiary/aromatic N) is 6. The lowest BCUT2D eigenvalue weighted by molar-refractivity contribution is -0.137. The Hall–Kier alpha value is -4.75. The number of likely N-dealkylation sites (N-methyl/N-ethyl adjacent to an activating group) is 1. The second-order valence-corrected chi connectivity index (χ2v) is 13.1. The first-order valence-electron chi connectivity index (χ1n) is 16.6. The second kappa shape index (κ2) is 17.0. The molecule has 0 N–H and O–H groups in total.